The van der Waals surface area contributed by atoms with Gasteiger partial charge in [-0.25, -0.2) is 0 Å². The lowest BCUT2D eigenvalue weighted by Crippen LogP contribution is -2.03. The standard InChI is InChI=1S/C19H22N2/c1-3-15(2)13-18-11-12-21(20-18)14-17-9-6-8-16-7-4-5-10-19(16)17/h4-12,15H,3,13-14H2,1-2H3. The molecule has 0 saturated carbocycles. The summed E-state index contributed by atoms with van der Waals surface area (Å²) in [6, 6.07) is 17.2. The van der Waals surface area contributed by atoms with Crippen LogP contribution < -0.4 is 0 Å². The average molecular weight is 278 g/mol. The van der Waals surface area contributed by atoms with Crippen molar-refractivity contribution in [1.82, 2.24) is 9.78 Å². The molecule has 2 nitrogen and oxygen atoms in total. The molecule has 1 atom stereocenters. The van der Waals surface area contributed by atoms with Gasteiger partial charge in [0.15, 0.2) is 0 Å². The number of fused-ring (bicyclic) bond motifs is 1. The van der Waals surface area contributed by atoms with Crippen molar-refractivity contribution >= 4 is 10.8 Å². The zero-order chi connectivity index (χ0) is 14.7. The third-order valence-electron chi connectivity index (χ3n) is 4.16. The Kier molecular flexibility index (Phi) is 4.05. The quantitative estimate of drug-likeness (QED) is 0.663. The van der Waals surface area contributed by atoms with E-state index < -0.39 is 0 Å². The Morgan fingerprint density at radius 2 is 1.86 bits per heavy atom. The molecule has 3 rings (SSSR count). The molecule has 0 radical (unpaired) electrons. The van der Waals surface area contributed by atoms with E-state index in [9.17, 15) is 0 Å². The van der Waals surface area contributed by atoms with Crippen molar-refractivity contribution in [2.24, 2.45) is 5.92 Å². The Labute approximate surface area is 126 Å². The molecule has 1 heterocycles. The van der Waals surface area contributed by atoms with E-state index in [1.807, 2.05) is 0 Å². The Hall–Kier alpha value is -2.09. The maximum atomic E-state index is 4.72. The van der Waals surface area contributed by atoms with E-state index in [1.165, 1.54) is 28.5 Å². The lowest BCUT2D eigenvalue weighted by Gasteiger charge is -2.07. The van der Waals surface area contributed by atoms with E-state index in [-0.39, 0.29) is 0 Å². The van der Waals surface area contributed by atoms with Crippen LogP contribution in [0, 0.1) is 5.92 Å². The highest BCUT2D eigenvalue weighted by Gasteiger charge is 2.06. The van der Waals surface area contributed by atoms with Crippen LogP contribution in [-0.4, -0.2) is 9.78 Å². The highest BCUT2D eigenvalue weighted by molar-refractivity contribution is 5.85. The molecule has 2 aromatic carbocycles. The summed E-state index contributed by atoms with van der Waals surface area (Å²) in [5, 5.41) is 7.33. The summed E-state index contributed by atoms with van der Waals surface area (Å²) in [5.41, 5.74) is 2.52. The lowest BCUT2D eigenvalue weighted by atomic mass is 10.0. The molecule has 0 bridgehead atoms. The summed E-state index contributed by atoms with van der Waals surface area (Å²) >= 11 is 0. The SMILES string of the molecule is CCC(C)Cc1ccn(Cc2cccc3ccccc23)n1. The zero-order valence-corrected chi connectivity index (χ0v) is 12.8. The van der Waals surface area contributed by atoms with Crippen molar-refractivity contribution in [1.29, 1.82) is 0 Å². The summed E-state index contributed by atoms with van der Waals surface area (Å²) < 4.78 is 2.06. The minimum Gasteiger partial charge on any atom is -0.268 e. The molecule has 21 heavy (non-hydrogen) atoms. The van der Waals surface area contributed by atoms with Gasteiger partial charge in [0.1, 0.15) is 0 Å². The Balaban J connectivity index is 1.82. The molecule has 0 spiro atoms. The van der Waals surface area contributed by atoms with Crippen LogP contribution >= 0.6 is 0 Å². The summed E-state index contributed by atoms with van der Waals surface area (Å²) in [5.74, 6) is 0.700. The molecule has 1 aromatic heterocycles. The van der Waals surface area contributed by atoms with Crippen molar-refractivity contribution in [2.75, 3.05) is 0 Å². The van der Waals surface area contributed by atoms with E-state index in [2.05, 4.69) is 73.3 Å². The minimum atomic E-state index is 0.700. The molecule has 1 unspecified atom stereocenters. The van der Waals surface area contributed by atoms with Crippen LogP contribution in [0.4, 0.5) is 0 Å². The van der Waals surface area contributed by atoms with Crippen molar-refractivity contribution in [2.45, 2.75) is 33.2 Å². The first-order valence-electron chi connectivity index (χ1n) is 7.75. The predicted molar refractivity (Wildman–Crippen MR) is 88.4 cm³/mol. The Morgan fingerprint density at radius 1 is 1.05 bits per heavy atom. The normalized spacial score (nSPS) is 12.7. The van der Waals surface area contributed by atoms with Crippen LogP contribution in [-0.2, 0) is 13.0 Å². The first-order valence-corrected chi connectivity index (χ1v) is 7.75. The first-order chi connectivity index (χ1) is 10.3. The molecule has 0 aliphatic carbocycles. The van der Waals surface area contributed by atoms with Gasteiger partial charge in [0.05, 0.1) is 12.2 Å². The van der Waals surface area contributed by atoms with Crippen molar-refractivity contribution in [3.05, 3.63) is 66.0 Å². The van der Waals surface area contributed by atoms with Crippen molar-refractivity contribution in [3.63, 3.8) is 0 Å². The molecular formula is C19H22N2. The molecule has 0 aliphatic rings. The summed E-state index contributed by atoms with van der Waals surface area (Å²) in [4.78, 5) is 0. The van der Waals surface area contributed by atoms with Gasteiger partial charge >= 0.3 is 0 Å². The molecule has 0 N–H and O–H groups in total. The molecule has 0 aliphatic heterocycles. The molecule has 0 saturated heterocycles. The number of benzene rings is 2. The average Bonchev–Trinajstić information content (AvgIpc) is 2.94. The summed E-state index contributed by atoms with van der Waals surface area (Å²) in [7, 11) is 0. The number of nitrogens with zero attached hydrogens (tertiary/aromatic N) is 2. The van der Waals surface area contributed by atoms with E-state index in [4.69, 9.17) is 5.10 Å². The summed E-state index contributed by atoms with van der Waals surface area (Å²) in [6.07, 6.45) is 4.37. The molecule has 3 aromatic rings. The van der Waals surface area contributed by atoms with Gasteiger partial charge in [0, 0.05) is 6.20 Å². The number of aromatic nitrogens is 2. The zero-order valence-electron chi connectivity index (χ0n) is 12.8. The third kappa shape index (κ3) is 3.15. The van der Waals surface area contributed by atoms with E-state index in [0.717, 1.165) is 13.0 Å². The summed E-state index contributed by atoms with van der Waals surface area (Å²) in [6.45, 7) is 5.35. The minimum absolute atomic E-state index is 0.700. The van der Waals surface area contributed by atoms with Crippen LogP contribution in [0.2, 0.25) is 0 Å². The maximum absolute atomic E-state index is 4.72. The van der Waals surface area contributed by atoms with Crippen LogP contribution in [0.15, 0.2) is 54.7 Å². The first kappa shape index (κ1) is 13.9. The van der Waals surface area contributed by atoms with Gasteiger partial charge in [-0.2, -0.15) is 5.10 Å². The lowest BCUT2D eigenvalue weighted by molar-refractivity contribution is 0.543. The van der Waals surface area contributed by atoms with Gasteiger partial charge in [-0.05, 0) is 34.7 Å². The van der Waals surface area contributed by atoms with Crippen molar-refractivity contribution in [3.8, 4) is 0 Å². The van der Waals surface area contributed by atoms with Gasteiger partial charge in [-0.15, -0.1) is 0 Å². The van der Waals surface area contributed by atoms with Crippen LogP contribution in [0.3, 0.4) is 0 Å². The highest BCUT2D eigenvalue weighted by Crippen LogP contribution is 2.19. The topological polar surface area (TPSA) is 17.8 Å². The third-order valence-corrected chi connectivity index (χ3v) is 4.16. The second-order valence-corrected chi connectivity index (χ2v) is 5.86. The van der Waals surface area contributed by atoms with Gasteiger partial charge < -0.3 is 0 Å². The van der Waals surface area contributed by atoms with Gasteiger partial charge in [-0.3, -0.25) is 4.68 Å². The van der Waals surface area contributed by atoms with Gasteiger partial charge in [0.2, 0.25) is 0 Å². The monoisotopic (exact) mass is 278 g/mol. The largest absolute Gasteiger partial charge is 0.268 e. The fraction of sp³-hybridized carbons (Fsp3) is 0.316. The van der Waals surface area contributed by atoms with Crippen molar-refractivity contribution < 1.29 is 0 Å². The Bertz CT molecular complexity index is 722. The highest BCUT2D eigenvalue weighted by atomic mass is 15.3. The second kappa shape index (κ2) is 6.13. The molecule has 108 valence electrons. The van der Waals surface area contributed by atoms with E-state index >= 15 is 0 Å². The maximum Gasteiger partial charge on any atom is 0.0665 e. The van der Waals surface area contributed by atoms with E-state index in [1.54, 1.807) is 0 Å². The van der Waals surface area contributed by atoms with Crippen LogP contribution in [0.5, 0.6) is 0 Å². The fourth-order valence-electron chi connectivity index (χ4n) is 2.71. The van der Waals surface area contributed by atoms with Crippen LogP contribution in [0.1, 0.15) is 31.5 Å². The Morgan fingerprint density at radius 3 is 2.71 bits per heavy atom. The van der Waals surface area contributed by atoms with Gasteiger partial charge in [-0.1, -0.05) is 62.7 Å². The molecule has 0 fully saturated rings. The van der Waals surface area contributed by atoms with E-state index in [0.29, 0.717) is 5.92 Å². The number of rotatable bonds is 5. The smallest absolute Gasteiger partial charge is 0.0665 e. The number of hydrogen-bond donors (Lipinski definition) is 0. The second-order valence-electron chi connectivity index (χ2n) is 5.86. The van der Waals surface area contributed by atoms with Gasteiger partial charge in [0.25, 0.3) is 0 Å². The predicted octanol–water partition coefficient (Wildman–Crippen LogP) is 4.67. The molecular weight excluding hydrogens is 256 g/mol. The molecule has 2 heteroatoms. The van der Waals surface area contributed by atoms with Crippen LogP contribution in [0.25, 0.3) is 10.8 Å². The number of hydrogen-bond acceptors (Lipinski definition) is 1. The fourth-order valence-corrected chi connectivity index (χ4v) is 2.71. The molecule has 0 amide bonds.